The van der Waals surface area contributed by atoms with Gasteiger partial charge in [-0.3, -0.25) is 4.79 Å². The summed E-state index contributed by atoms with van der Waals surface area (Å²) in [5, 5.41) is 5.89. The van der Waals surface area contributed by atoms with Crippen molar-refractivity contribution in [2.45, 2.75) is 13.0 Å². The summed E-state index contributed by atoms with van der Waals surface area (Å²) in [6, 6.07) is 13.7. The number of rotatable bonds is 4. The summed E-state index contributed by atoms with van der Waals surface area (Å²) in [7, 11) is 1.60. The Morgan fingerprint density at radius 1 is 1.15 bits per heavy atom. The predicted molar refractivity (Wildman–Crippen MR) is 78.3 cm³/mol. The third-order valence-corrected chi connectivity index (χ3v) is 3.10. The normalized spacial score (nSPS) is 11.8. The smallest absolute Gasteiger partial charge is 0.251 e. The molecule has 2 aromatic carbocycles. The molecule has 0 bridgehead atoms. The van der Waals surface area contributed by atoms with E-state index in [1.807, 2.05) is 19.1 Å². The van der Waals surface area contributed by atoms with Crippen LogP contribution in [0.1, 0.15) is 28.9 Å². The molecule has 0 aromatic heterocycles. The highest BCUT2D eigenvalue weighted by atomic mass is 19.1. The van der Waals surface area contributed by atoms with Crippen LogP contribution in [0.15, 0.2) is 48.5 Å². The minimum Gasteiger partial charge on any atom is -0.379 e. The van der Waals surface area contributed by atoms with Crippen molar-refractivity contribution in [2.75, 3.05) is 12.4 Å². The number of nitrogens with one attached hydrogen (secondary N) is 2. The molecule has 4 heteroatoms. The lowest BCUT2D eigenvalue weighted by molar-refractivity contribution is 0.0963. The van der Waals surface area contributed by atoms with E-state index in [1.165, 1.54) is 12.1 Å². The van der Waals surface area contributed by atoms with Crippen molar-refractivity contribution in [3.8, 4) is 0 Å². The zero-order valence-corrected chi connectivity index (χ0v) is 11.5. The molecule has 0 saturated heterocycles. The van der Waals surface area contributed by atoms with Gasteiger partial charge in [0.1, 0.15) is 5.82 Å². The van der Waals surface area contributed by atoms with Gasteiger partial charge >= 0.3 is 0 Å². The minimum absolute atomic E-state index is 0.0236. The number of amides is 1. The number of halogens is 1. The Morgan fingerprint density at radius 3 is 2.50 bits per heavy atom. The number of carbonyl (C=O) groups excluding carboxylic acids is 1. The monoisotopic (exact) mass is 272 g/mol. The first kappa shape index (κ1) is 14.1. The Bertz CT molecular complexity index is 596. The van der Waals surface area contributed by atoms with Gasteiger partial charge in [-0.25, -0.2) is 4.39 Å². The zero-order valence-electron chi connectivity index (χ0n) is 11.5. The van der Waals surface area contributed by atoms with Crippen LogP contribution in [-0.2, 0) is 0 Å². The lowest BCUT2D eigenvalue weighted by Gasteiger charge is -2.16. The van der Waals surface area contributed by atoms with Crippen LogP contribution in [0.25, 0.3) is 0 Å². The molecule has 20 heavy (non-hydrogen) atoms. The van der Waals surface area contributed by atoms with Gasteiger partial charge in [0, 0.05) is 24.3 Å². The molecule has 1 amide bonds. The molecule has 0 aliphatic heterocycles. The van der Waals surface area contributed by atoms with Crippen molar-refractivity contribution in [1.29, 1.82) is 0 Å². The topological polar surface area (TPSA) is 41.1 Å². The zero-order chi connectivity index (χ0) is 14.5. The van der Waals surface area contributed by atoms with Crippen LogP contribution in [0.5, 0.6) is 0 Å². The van der Waals surface area contributed by atoms with Crippen LogP contribution in [0.4, 0.5) is 10.1 Å². The molecule has 2 rings (SSSR count). The number of hydrogen-bond donors (Lipinski definition) is 2. The van der Waals surface area contributed by atoms with Crippen molar-refractivity contribution in [2.24, 2.45) is 0 Å². The molecule has 2 N–H and O–H groups in total. The molecule has 2 aromatic rings. The molecule has 0 aliphatic rings. The van der Waals surface area contributed by atoms with Crippen LogP contribution >= 0.6 is 0 Å². The summed E-state index contributed by atoms with van der Waals surface area (Å²) in [6.07, 6.45) is 0. The van der Waals surface area contributed by atoms with Gasteiger partial charge in [-0.1, -0.05) is 18.2 Å². The number of carbonyl (C=O) groups is 1. The number of benzene rings is 2. The number of anilines is 1. The van der Waals surface area contributed by atoms with Crippen molar-refractivity contribution in [3.05, 3.63) is 65.5 Å². The van der Waals surface area contributed by atoms with Crippen LogP contribution < -0.4 is 10.6 Å². The summed E-state index contributed by atoms with van der Waals surface area (Å²) in [5.41, 5.74) is 2.43. The first-order chi connectivity index (χ1) is 9.60. The summed E-state index contributed by atoms with van der Waals surface area (Å²) in [5.74, 6) is -0.370. The second kappa shape index (κ2) is 6.19. The highest BCUT2D eigenvalue weighted by molar-refractivity contribution is 5.94. The summed E-state index contributed by atoms with van der Waals surface area (Å²) >= 11 is 0. The first-order valence-corrected chi connectivity index (χ1v) is 6.44. The molecule has 104 valence electrons. The van der Waals surface area contributed by atoms with Gasteiger partial charge in [0.2, 0.25) is 0 Å². The molecule has 3 nitrogen and oxygen atoms in total. The predicted octanol–water partition coefficient (Wildman–Crippen LogP) is 3.36. The lowest BCUT2D eigenvalue weighted by Crippen LogP contribution is -2.18. The van der Waals surface area contributed by atoms with E-state index in [2.05, 4.69) is 10.6 Å². The molecule has 0 radical (unpaired) electrons. The van der Waals surface area contributed by atoms with E-state index in [1.54, 1.807) is 31.3 Å². The quantitative estimate of drug-likeness (QED) is 0.896. The molecule has 0 spiro atoms. The maximum absolute atomic E-state index is 12.9. The van der Waals surface area contributed by atoms with E-state index in [9.17, 15) is 9.18 Å². The fraction of sp³-hybridized carbons (Fsp3) is 0.188. The third-order valence-electron chi connectivity index (χ3n) is 3.10. The Morgan fingerprint density at radius 2 is 1.85 bits per heavy atom. The second-order valence-corrected chi connectivity index (χ2v) is 4.58. The van der Waals surface area contributed by atoms with Crippen LogP contribution in [0.3, 0.4) is 0 Å². The van der Waals surface area contributed by atoms with Crippen LogP contribution in [-0.4, -0.2) is 13.0 Å². The molecular weight excluding hydrogens is 255 g/mol. The largest absolute Gasteiger partial charge is 0.379 e. The van der Waals surface area contributed by atoms with E-state index in [-0.39, 0.29) is 17.8 Å². The maximum atomic E-state index is 12.9. The van der Waals surface area contributed by atoms with Crippen LogP contribution in [0, 0.1) is 5.82 Å². The summed E-state index contributed by atoms with van der Waals surface area (Å²) in [6.45, 7) is 1.99. The van der Waals surface area contributed by atoms with E-state index < -0.39 is 0 Å². The van der Waals surface area contributed by atoms with E-state index in [0.717, 1.165) is 11.3 Å². The molecule has 0 saturated carbocycles. The standard InChI is InChI=1S/C16H17FN2O/c1-11(12-6-8-14(17)9-7-12)19-15-5-3-4-13(10-15)16(20)18-2/h3-11,19H,1-2H3,(H,18,20). The average Bonchev–Trinajstić information content (AvgIpc) is 2.47. The summed E-state index contributed by atoms with van der Waals surface area (Å²) < 4.78 is 12.9. The minimum atomic E-state index is -0.248. The van der Waals surface area contributed by atoms with Crippen molar-refractivity contribution < 1.29 is 9.18 Å². The van der Waals surface area contributed by atoms with Gasteiger partial charge in [0.15, 0.2) is 0 Å². The van der Waals surface area contributed by atoms with Crippen molar-refractivity contribution in [3.63, 3.8) is 0 Å². The number of hydrogen-bond acceptors (Lipinski definition) is 2. The van der Waals surface area contributed by atoms with Gasteiger partial charge in [0.25, 0.3) is 5.91 Å². The lowest BCUT2D eigenvalue weighted by atomic mass is 10.1. The SMILES string of the molecule is CNC(=O)c1cccc(NC(C)c2ccc(F)cc2)c1. The molecule has 1 unspecified atom stereocenters. The van der Waals surface area contributed by atoms with Gasteiger partial charge < -0.3 is 10.6 Å². The second-order valence-electron chi connectivity index (χ2n) is 4.58. The van der Waals surface area contributed by atoms with Crippen LogP contribution in [0.2, 0.25) is 0 Å². The first-order valence-electron chi connectivity index (χ1n) is 6.44. The van der Waals surface area contributed by atoms with Gasteiger partial charge in [0.05, 0.1) is 0 Å². The van der Waals surface area contributed by atoms with Gasteiger partial charge in [-0.05, 0) is 42.8 Å². The Labute approximate surface area is 117 Å². The molecule has 0 heterocycles. The fourth-order valence-corrected chi connectivity index (χ4v) is 1.98. The highest BCUT2D eigenvalue weighted by Gasteiger charge is 2.07. The molecule has 0 fully saturated rings. The van der Waals surface area contributed by atoms with Gasteiger partial charge in [-0.15, -0.1) is 0 Å². The highest BCUT2D eigenvalue weighted by Crippen LogP contribution is 2.20. The molecule has 0 aliphatic carbocycles. The van der Waals surface area contributed by atoms with E-state index >= 15 is 0 Å². The van der Waals surface area contributed by atoms with E-state index in [0.29, 0.717) is 5.56 Å². The Kier molecular flexibility index (Phi) is 4.35. The van der Waals surface area contributed by atoms with Crippen molar-refractivity contribution >= 4 is 11.6 Å². The third kappa shape index (κ3) is 3.35. The molecule has 1 atom stereocenters. The maximum Gasteiger partial charge on any atom is 0.251 e. The van der Waals surface area contributed by atoms with Gasteiger partial charge in [-0.2, -0.15) is 0 Å². The molecular formula is C16H17FN2O. The van der Waals surface area contributed by atoms with E-state index in [4.69, 9.17) is 0 Å². The summed E-state index contributed by atoms with van der Waals surface area (Å²) in [4.78, 5) is 11.6. The Hall–Kier alpha value is -2.36. The Balaban J connectivity index is 2.13. The van der Waals surface area contributed by atoms with Crippen molar-refractivity contribution in [1.82, 2.24) is 5.32 Å². The fourth-order valence-electron chi connectivity index (χ4n) is 1.98. The average molecular weight is 272 g/mol.